The molecular weight excluding hydrogens is 322 g/mol. The molecule has 1 fully saturated rings. The van der Waals surface area contributed by atoms with Crippen molar-refractivity contribution in [3.63, 3.8) is 0 Å². The maximum absolute atomic E-state index is 12.6. The Balaban J connectivity index is 1.86. The molecule has 0 spiro atoms. The molecule has 3 rings (SSSR count). The standard InChI is InChI=1S/C17H23N5O3/c1-5-6-13(23)22-16(25)14(15(24)17(22,2)3)19-18-12-9-11(10-7-8-10)21(4)20-12/h9-10,24H,5-8H2,1-4H3. The fraction of sp³-hybridized carbons (Fsp3) is 0.588. The van der Waals surface area contributed by atoms with E-state index >= 15 is 0 Å². The average molecular weight is 345 g/mol. The Morgan fingerprint density at radius 2 is 2.08 bits per heavy atom. The molecule has 2 aliphatic rings. The molecule has 2 amide bonds. The minimum Gasteiger partial charge on any atom is -0.507 e. The zero-order valence-electron chi connectivity index (χ0n) is 15.0. The molecule has 8 nitrogen and oxygen atoms in total. The maximum Gasteiger partial charge on any atom is 0.285 e. The summed E-state index contributed by atoms with van der Waals surface area (Å²) in [7, 11) is 1.85. The monoisotopic (exact) mass is 345 g/mol. The van der Waals surface area contributed by atoms with Crippen molar-refractivity contribution in [1.82, 2.24) is 14.7 Å². The molecule has 1 aliphatic heterocycles. The SMILES string of the molecule is CCCC(=O)N1C(=O)C(N=Nc2cc(C3CC3)n(C)n2)=C(O)C1(C)C. The molecular formula is C17H23N5O3. The highest BCUT2D eigenvalue weighted by molar-refractivity contribution is 6.08. The lowest BCUT2D eigenvalue weighted by Gasteiger charge is -2.29. The molecule has 0 radical (unpaired) electrons. The van der Waals surface area contributed by atoms with Crippen LogP contribution in [0, 0.1) is 0 Å². The van der Waals surface area contributed by atoms with E-state index in [1.165, 1.54) is 0 Å². The van der Waals surface area contributed by atoms with Gasteiger partial charge in [0.2, 0.25) is 5.91 Å². The van der Waals surface area contributed by atoms with E-state index in [9.17, 15) is 14.7 Å². The largest absolute Gasteiger partial charge is 0.507 e. The van der Waals surface area contributed by atoms with Crippen LogP contribution in [0.3, 0.4) is 0 Å². The highest BCUT2D eigenvalue weighted by atomic mass is 16.3. The number of aliphatic hydroxyl groups is 1. The molecule has 1 aliphatic carbocycles. The first-order chi connectivity index (χ1) is 11.8. The fourth-order valence-electron chi connectivity index (χ4n) is 3.07. The van der Waals surface area contributed by atoms with Crippen LogP contribution < -0.4 is 0 Å². The van der Waals surface area contributed by atoms with Crippen LogP contribution in [0.15, 0.2) is 27.8 Å². The highest BCUT2D eigenvalue weighted by Gasteiger charge is 2.49. The topological polar surface area (TPSA) is 100 Å². The molecule has 0 aromatic carbocycles. The first kappa shape index (κ1) is 17.3. The Labute approximate surface area is 146 Å². The van der Waals surface area contributed by atoms with Gasteiger partial charge in [0.1, 0.15) is 5.54 Å². The number of carbonyl (C=O) groups is 2. The lowest BCUT2D eigenvalue weighted by Crippen LogP contribution is -2.47. The van der Waals surface area contributed by atoms with Gasteiger partial charge in [-0.3, -0.25) is 19.2 Å². The number of aliphatic hydroxyl groups excluding tert-OH is 1. The first-order valence-electron chi connectivity index (χ1n) is 8.54. The molecule has 1 N–H and O–H groups in total. The molecule has 1 aromatic heterocycles. The van der Waals surface area contributed by atoms with Crippen LogP contribution in [0.1, 0.15) is 58.1 Å². The number of hydrogen-bond donors (Lipinski definition) is 1. The van der Waals surface area contributed by atoms with E-state index in [4.69, 9.17) is 0 Å². The van der Waals surface area contributed by atoms with E-state index in [0.717, 1.165) is 23.4 Å². The van der Waals surface area contributed by atoms with Crippen LogP contribution >= 0.6 is 0 Å². The predicted molar refractivity (Wildman–Crippen MR) is 90.2 cm³/mol. The van der Waals surface area contributed by atoms with E-state index in [0.29, 0.717) is 18.2 Å². The molecule has 8 heteroatoms. The van der Waals surface area contributed by atoms with Gasteiger partial charge in [-0.25, -0.2) is 0 Å². The summed E-state index contributed by atoms with van der Waals surface area (Å²) in [4.78, 5) is 25.9. The molecule has 1 aromatic rings. The summed E-state index contributed by atoms with van der Waals surface area (Å²) in [5.74, 6) is -0.299. The van der Waals surface area contributed by atoms with Gasteiger partial charge in [-0.1, -0.05) is 6.92 Å². The summed E-state index contributed by atoms with van der Waals surface area (Å²) in [5.41, 5.74) is -0.237. The average Bonchev–Trinajstić information content (AvgIpc) is 3.27. The molecule has 1 saturated carbocycles. The van der Waals surface area contributed by atoms with Gasteiger partial charge in [0.15, 0.2) is 17.3 Å². The second-order valence-electron chi connectivity index (χ2n) is 7.07. The van der Waals surface area contributed by atoms with E-state index < -0.39 is 11.4 Å². The van der Waals surface area contributed by atoms with Crippen LogP contribution in [0.4, 0.5) is 5.82 Å². The Kier molecular flexibility index (Phi) is 4.22. The smallest absolute Gasteiger partial charge is 0.285 e. The summed E-state index contributed by atoms with van der Waals surface area (Å²) in [6, 6.07) is 1.84. The van der Waals surface area contributed by atoms with Gasteiger partial charge in [-0.05, 0) is 33.1 Å². The van der Waals surface area contributed by atoms with Gasteiger partial charge in [0, 0.05) is 31.1 Å². The first-order valence-corrected chi connectivity index (χ1v) is 8.54. The Morgan fingerprint density at radius 1 is 1.40 bits per heavy atom. The van der Waals surface area contributed by atoms with Gasteiger partial charge in [0.25, 0.3) is 5.91 Å². The van der Waals surface area contributed by atoms with Gasteiger partial charge in [-0.15, -0.1) is 10.2 Å². The van der Waals surface area contributed by atoms with E-state index in [1.54, 1.807) is 18.5 Å². The number of amides is 2. The molecule has 25 heavy (non-hydrogen) atoms. The number of carbonyl (C=O) groups excluding carboxylic acids is 2. The number of aryl methyl sites for hydroxylation is 1. The molecule has 0 unspecified atom stereocenters. The van der Waals surface area contributed by atoms with Gasteiger partial charge < -0.3 is 5.11 Å². The second-order valence-corrected chi connectivity index (χ2v) is 7.07. The Morgan fingerprint density at radius 3 is 2.68 bits per heavy atom. The van der Waals surface area contributed by atoms with Crippen LogP contribution in [-0.4, -0.2) is 37.1 Å². The normalized spacial score (nSPS) is 20.2. The summed E-state index contributed by atoms with van der Waals surface area (Å²) in [6.45, 7) is 5.09. The third kappa shape index (κ3) is 2.96. The number of imide groups is 1. The molecule has 2 heterocycles. The Bertz CT molecular complexity index is 786. The zero-order chi connectivity index (χ0) is 18.4. The molecule has 0 bridgehead atoms. The minimum atomic E-state index is -1.12. The van der Waals surface area contributed by atoms with Crippen molar-refractivity contribution in [2.45, 2.75) is 57.9 Å². The van der Waals surface area contributed by atoms with E-state index in [2.05, 4.69) is 15.3 Å². The molecule has 0 atom stereocenters. The number of nitrogens with zero attached hydrogens (tertiary/aromatic N) is 5. The quantitative estimate of drug-likeness (QED) is 0.829. The summed E-state index contributed by atoms with van der Waals surface area (Å²) >= 11 is 0. The zero-order valence-corrected chi connectivity index (χ0v) is 15.0. The number of aromatic nitrogens is 2. The van der Waals surface area contributed by atoms with Crippen LogP contribution in [0.5, 0.6) is 0 Å². The van der Waals surface area contributed by atoms with Crippen molar-refractivity contribution in [2.75, 3.05) is 0 Å². The summed E-state index contributed by atoms with van der Waals surface area (Å²) < 4.78 is 1.76. The van der Waals surface area contributed by atoms with Crippen LogP contribution in [-0.2, 0) is 16.6 Å². The van der Waals surface area contributed by atoms with Crippen molar-refractivity contribution in [3.8, 4) is 0 Å². The van der Waals surface area contributed by atoms with Gasteiger partial charge in [0.05, 0.1) is 0 Å². The fourth-order valence-corrected chi connectivity index (χ4v) is 3.07. The molecule has 0 saturated heterocycles. The third-order valence-corrected chi connectivity index (χ3v) is 4.63. The van der Waals surface area contributed by atoms with Crippen LogP contribution in [0.2, 0.25) is 0 Å². The van der Waals surface area contributed by atoms with Crippen molar-refractivity contribution in [3.05, 3.63) is 23.2 Å². The van der Waals surface area contributed by atoms with E-state index in [-0.39, 0.29) is 23.8 Å². The second kappa shape index (κ2) is 6.09. The summed E-state index contributed by atoms with van der Waals surface area (Å²) in [6.07, 6.45) is 3.14. The highest BCUT2D eigenvalue weighted by Crippen LogP contribution is 2.41. The van der Waals surface area contributed by atoms with Gasteiger partial charge in [-0.2, -0.15) is 5.10 Å². The lowest BCUT2D eigenvalue weighted by molar-refractivity contribution is -0.146. The number of rotatable bonds is 5. The van der Waals surface area contributed by atoms with Crippen LogP contribution in [0.25, 0.3) is 0 Å². The number of azo groups is 1. The third-order valence-electron chi connectivity index (χ3n) is 4.63. The molecule has 134 valence electrons. The van der Waals surface area contributed by atoms with Crippen molar-refractivity contribution in [2.24, 2.45) is 17.3 Å². The minimum absolute atomic E-state index is 0.201. The predicted octanol–water partition coefficient (Wildman–Crippen LogP) is 3.10. The summed E-state index contributed by atoms with van der Waals surface area (Å²) in [5, 5.41) is 22.6. The van der Waals surface area contributed by atoms with Crippen molar-refractivity contribution >= 4 is 17.6 Å². The number of hydrogen-bond acceptors (Lipinski definition) is 6. The van der Waals surface area contributed by atoms with Gasteiger partial charge >= 0.3 is 0 Å². The lowest BCUT2D eigenvalue weighted by atomic mass is 10.0. The van der Waals surface area contributed by atoms with E-state index in [1.807, 2.05) is 20.0 Å². The van der Waals surface area contributed by atoms with Crippen molar-refractivity contribution in [1.29, 1.82) is 0 Å². The van der Waals surface area contributed by atoms with Crippen molar-refractivity contribution < 1.29 is 14.7 Å². The maximum atomic E-state index is 12.6. The Hall–Kier alpha value is -2.51.